The van der Waals surface area contributed by atoms with Crippen LogP contribution in [0.4, 0.5) is 0 Å². The minimum Gasteiger partial charge on any atom is -0.383 e. The third-order valence-corrected chi connectivity index (χ3v) is 1.94. The molecule has 0 aliphatic heterocycles. The van der Waals surface area contributed by atoms with Gasteiger partial charge in [0.15, 0.2) is 0 Å². The fraction of sp³-hybridized carbons (Fsp3) is 0.875. The highest BCUT2D eigenvalue weighted by molar-refractivity contribution is 5.81. The van der Waals surface area contributed by atoms with E-state index in [9.17, 15) is 4.79 Å². The zero-order chi connectivity index (χ0) is 8.97. The lowest BCUT2D eigenvalue weighted by molar-refractivity contribution is -0.123. The Bertz CT molecular complexity index is 157. The summed E-state index contributed by atoms with van der Waals surface area (Å²) in [5.74, 6) is 0.590. The van der Waals surface area contributed by atoms with Crippen LogP contribution in [0.5, 0.6) is 0 Å². The van der Waals surface area contributed by atoms with Gasteiger partial charge in [0.2, 0.25) is 5.91 Å². The van der Waals surface area contributed by atoms with E-state index in [0.29, 0.717) is 5.92 Å². The molecule has 0 heterocycles. The summed E-state index contributed by atoms with van der Waals surface area (Å²) in [6.45, 7) is 1.06. The van der Waals surface area contributed by atoms with Gasteiger partial charge in [-0.25, -0.2) is 0 Å². The van der Waals surface area contributed by atoms with Gasteiger partial charge in [-0.1, -0.05) is 0 Å². The topological polar surface area (TPSA) is 64.3 Å². The monoisotopic (exact) mass is 172 g/mol. The lowest BCUT2D eigenvalue weighted by Gasteiger charge is -2.10. The molecule has 1 saturated carbocycles. The van der Waals surface area contributed by atoms with Crippen LogP contribution in [-0.2, 0) is 9.53 Å². The summed E-state index contributed by atoms with van der Waals surface area (Å²) in [5, 5.41) is 2.79. The van der Waals surface area contributed by atoms with E-state index in [4.69, 9.17) is 10.5 Å². The zero-order valence-electron chi connectivity index (χ0n) is 7.38. The smallest absolute Gasteiger partial charge is 0.239 e. The normalized spacial score (nSPS) is 18.8. The molecule has 3 N–H and O–H groups in total. The third kappa shape index (κ3) is 3.19. The summed E-state index contributed by atoms with van der Waals surface area (Å²) in [5.41, 5.74) is 5.50. The molecule has 0 radical (unpaired) electrons. The van der Waals surface area contributed by atoms with Crippen LogP contribution in [0.2, 0.25) is 0 Å². The van der Waals surface area contributed by atoms with Crippen LogP contribution in [0.1, 0.15) is 12.8 Å². The molecule has 0 aromatic rings. The van der Waals surface area contributed by atoms with Crippen LogP contribution in [-0.4, -0.2) is 32.2 Å². The molecule has 1 rings (SSSR count). The highest BCUT2D eigenvalue weighted by Crippen LogP contribution is 2.27. The van der Waals surface area contributed by atoms with Gasteiger partial charge >= 0.3 is 0 Å². The van der Waals surface area contributed by atoms with E-state index in [1.807, 2.05) is 0 Å². The van der Waals surface area contributed by atoms with Crippen molar-refractivity contribution in [1.82, 2.24) is 5.32 Å². The Balaban J connectivity index is 2.07. The Labute approximate surface area is 72.5 Å². The molecule has 70 valence electrons. The Morgan fingerprint density at radius 2 is 2.42 bits per heavy atom. The van der Waals surface area contributed by atoms with Gasteiger partial charge in [-0.05, 0) is 18.8 Å². The number of carbonyl (C=O) groups excluding carboxylic acids is 1. The number of amides is 1. The number of nitrogens with two attached hydrogens (primary N) is 1. The minimum absolute atomic E-state index is 0.108. The van der Waals surface area contributed by atoms with Crippen LogP contribution in [0.15, 0.2) is 0 Å². The van der Waals surface area contributed by atoms with Crippen LogP contribution in [0.25, 0.3) is 0 Å². The van der Waals surface area contributed by atoms with Gasteiger partial charge in [0.25, 0.3) is 0 Å². The molecule has 1 fully saturated rings. The van der Waals surface area contributed by atoms with Gasteiger partial charge in [0.05, 0.1) is 6.61 Å². The van der Waals surface area contributed by atoms with Gasteiger partial charge in [0.1, 0.15) is 6.04 Å². The fourth-order valence-electron chi connectivity index (χ4n) is 0.953. The van der Waals surface area contributed by atoms with Crippen molar-refractivity contribution in [2.75, 3.05) is 20.3 Å². The highest BCUT2D eigenvalue weighted by Gasteiger charge is 2.22. The second-order valence-corrected chi connectivity index (χ2v) is 3.25. The van der Waals surface area contributed by atoms with Gasteiger partial charge in [0, 0.05) is 13.7 Å². The molecule has 4 heteroatoms. The van der Waals surface area contributed by atoms with Crippen LogP contribution in [0.3, 0.4) is 0 Å². The molecule has 0 aromatic carbocycles. The molecule has 1 atom stereocenters. The number of ether oxygens (including phenoxy) is 1. The van der Waals surface area contributed by atoms with Crippen molar-refractivity contribution >= 4 is 5.91 Å². The quantitative estimate of drug-likeness (QED) is 0.587. The summed E-state index contributed by atoms with van der Waals surface area (Å²) < 4.78 is 4.76. The average molecular weight is 172 g/mol. The summed E-state index contributed by atoms with van der Waals surface area (Å²) in [4.78, 5) is 11.1. The van der Waals surface area contributed by atoms with Gasteiger partial charge in [-0.15, -0.1) is 0 Å². The standard InChI is InChI=1S/C8H16N2O2/c1-12-5-7(9)8(11)10-4-6-2-3-6/h6-7H,2-5,9H2,1H3,(H,10,11). The van der Waals surface area contributed by atoms with Gasteiger partial charge in [-0.3, -0.25) is 4.79 Å². The predicted octanol–water partition coefficient (Wildman–Crippen LogP) is -0.514. The second-order valence-electron chi connectivity index (χ2n) is 3.25. The number of nitrogens with one attached hydrogen (secondary N) is 1. The van der Waals surface area contributed by atoms with Crippen molar-refractivity contribution in [2.24, 2.45) is 11.7 Å². The first-order chi connectivity index (χ1) is 5.74. The first-order valence-electron chi connectivity index (χ1n) is 4.26. The van der Waals surface area contributed by atoms with E-state index < -0.39 is 6.04 Å². The Kier molecular flexibility index (Phi) is 3.49. The van der Waals surface area contributed by atoms with E-state index in [1.165, 1.54) is 20.0 Å². The number of methoxy groups -OCH3 is 1. The van der Waals surface area contributed by atoms with E-state index in [-0.39, 0.29) is 12.5 Å². The van der Waals surface area contributed by atoms with E-state index in [1.54, 1.807) is 0 Å². The van der Waals surface area contributed by atoms with Crippen molar-refractivity contribution in [3.8, 4) is 0 Å². The van der Waals surface area contributed by atoms with Gasteiger partial charge in [-0.2, -0.15) is 0 Å². The lowest BCUT2D eigenvalue weighted by Crippen LogP contribution is -2.44. The van der Waals surface area contributed by atoms with Gasteiger partial charge < -0.3 is 15.8 Å². The molecule has 0 aromatic heterocycles. The lowest BCUT2D eigenvalue weighted by atomic mass is 10.3. The molecule has 1 aliphatic rings. The van der Waals surface area contributed by atoms with Crippen molar-refractivity contribution in [2.45, 2.75) is 18.9 Å². The Hall–Kier alpha value is -0.610. The number of carbonyl (C=O) groups is 1. The highest BCUT2D eigenvalue weighted by atomic mass is 16.5. The average Bonchev–Trinajstić information content (AvgIpc) is 2.83. The molecule has 0 saturated heterocycles. The molecular weight excluding hydrogens is 156 g/mol. The van der Waals surface area contributed by atoms with E-state index >= 15 is 0 Å². The molecule has 12 heavy (non-hydrogen) atoms. The molecule has 4 nitrogen and oxygen atoms in total. The maximum absolute atomic E-state index is 11.1. The fourth-order valence-corrected chi connectivity index (χ4v) is 0.953. The SMILES string of the molecule is COCC(N)C(=O)NCC1CC1. The van der Waals surface area contributed by atoms with Crippen LogP contribution >= 0.6 is 0 Å². The molecule has 1 unspecified atom stereocenters. The molecule has 0 bridgehead atoms. The first kappa shape index (κ1) is 9.48. The van der Waals surface area contributed by atoms with Crippen LogP contribution in [0, 0.1) is 5.92 Å². The van der Waals surface area contributed by atoms with E-state index in [2.05, 4.69) is 5.32 Å². The summed E-state index contributed by atoms with van der Waals surface area (Å²) in [7, 11) is 1.54. The molecule has 1 aliphatic carbocycles. The maximum atomic E-state index is 11.1. The summed E-state index contributed by atoms with van der Waals surface area (Å²) in [6.07, 6.45) is 2.47. The van der Waals surface area contributed by atoms with Crippen LogP contribution < -0.4 is 11.1 Å². The summed E-state index contributed by atoms with van der Waals surface area (Å²) in [6, 6.07) is -0.520. The maximum Gasteiger partial charge on any atom is 0.239 e. The molecular formula is C8H16N2O2. The minimum atomic E-state index is -0.520. The Morgan fingerprint density at radius 1 is 1.75 bits per heavy atom. The number of rotatable bonds is 5. The largest absolute Gasteiger partial charge is 0.383 e. The van der Waals surface area contributed by atoms with Crippen molar-refractivity contribution < 1.29 is 9.53 Å². The second kappa shape index (κ2) is 4.42. The zero-order valence-corrected chi connectivity index (χ0v) is 7.38. The number of hydrogen-bond acceptors (Lipinski definition) is 3. The predicted molar refractivity (Wildman–Crippen MR) is 45.6 cm³/mol. The molecule has 1 amide bonds. The molecule has 0 spiro atoms. The van der Waals surface area contributed by atoms with Crippen molar-refractivity contribution in [3.63, 3.8) is 0 Å². The Morgan fingerprint density at radius 3 is 2.92 bits per heavy atom. The van der Waals surface area contributed by atoms with Crippen molar-refractivity contribution in [3.05, 3.63) is 0 Å². The van der Waals surface area contributed by atoms with Crippen molar-refractivity contribution in [1.29, 1.82) is 0 Å². The number of hydrogen-bond donors (Lipinski definition) is 2. The third-order valence-electron chi connectivity index (χ3n) is 1.94. The van der Waals surface area contributed by atoms with E-state index in [0.717, 1.165) is 6.54 Å². The summed E-state index contributed by atoms with van der Waals surface area (Å²) >= 11 is 0. The first-order valence-corrected chi connectivity index (χ1v) is 4.26.